The van der Waals surface area contributed by atoms with E-state index < -0.39 is 0 Å². The molecule has 7 nitrogen and oxygen atoms in total. The van der Waals surface area contributed by atoms with Crippen molar-refractivity contribution in [1.82, 2.24) is 4.90 Å². The summed E-state index contributed by atoms with van der Waals surface area (Å²) in [5, 5.41) is 3.91. The van der Waals surface area contributed by atoms with Gasteiger partial charge in [0.05, 0.1) is 24.9 Å². The zero-order valence-corrected chi connectivity index (χ0v) is 21.1. The number of ether oxygens (including phenoxy) is 2. The lowest BCUT2D eigenvalue weighted by Gasteiger charge is -2.36. The van der Waals surface area contributed by atoms with Gasteiger partial charge >= 0.3 is 0 Å². The van der Waals surface area contributed by atoms with Crippen molar-refractivity contribution >= 4 is 52.9 Å². The molecule has 2 aromatic carbocycles. The first-order valence-electron chi connectivity index (χ1n) is 10.1. The number of aliphatic imine (C=N–C) groups is 1. The fourth-order valence-corrected chi connectivity index (χ4v) is 3.77. The average Bonchev–Trinajstić information content (AvgIpc) is 2.77. The van der Waals surface area contributed by atoms with Crippen molar-refractivity contribution in [2.45, 2.75) is 6.42 Å². The largest absolute Gasteiger partial charge is 0.493 e. The molecule has 31 heavy (non-hydrogen) atoms. The molecular formula is C22H31ClIN5O2. The smallest absolute Gasteiger partial charge is 0.193 e. The minimum absolute atomic E-state index is 0. The second kappa shape index (κ2) is 12.8. The van der Waals surface area contributed by atoms with E-state index in [4.69, 9.17) is 26.8 Å². The van der Waals surface area contributed by atoms with Gasteiger partial charge in [0.1, 0.15) is 0 Å². The molecule has 0 saturated carbocycles. The molecule has 9 heteroatoms. The minimum Gasteiger partial charge on any atom is -0.493 e. The number of hydrogen-bond donors (Lipinski definition) is 2. The van der Waals surface area contributed by atoms with E-state index >= 15 is 0 Å². The predicted octanol–water partition coefficient (Wildman–Crippen LogP) is 3.91. The molecule has 1 aliphatic rings. The molecule has 1 aliphatic heterocycles. The Kier molecular flexibility index (Phi) is 10.5. The Morgan fingerprint density at radius 1 is 1.06 bits per heavy atom. The highest BCUT2D eigenvalue weighted by molar-refractivity contribution is 14.0. The van der Waals surface area contributed by atoms with Crippen LogP contribution < -0.4 is 25.4 Å². The quantitative estimate of drug-likeness (QED) is 0.221. The van der Waals surface area contributed by atoms with E-state index in [1.165, 1.54) is 0 Å². The SMILES string of the molecule is COc1ccc(NC(N)=NCCCN2CCN(c3ccccc3Cl)CC2)cc1OC.I. The van der Waals surface area contributed by atoms with Crippen molar-refractivity contribution in [2.24, 2.45) is 10.7 Å². The number of hydrogen-bond acceptors (Lipinski definition) is 5. The van der Waals surface area contributed by atoms with Crippen molar-refractivity contribution in [2.75, 3.05) is 63.7 Å². The number of benzene rings is 2. The number of nitrogens with zero attached hydrogens (tertiary/aromatic N) is 3. The van der Waals surface area contributed by atoms with Gasteiger partial charge < -0.3 is 25.4 Å². The van der Waals surface area contributed by atoms with Crippen molar-refractivity contribution in [3.8, 4) is 11.5 Å². The average molecular weight is 560 g/mol. The fraction of sp³-hybridized carbons (Fsp3) is 0.409. The first-order chi connectivity index (χ1) is 14.6. The maximum Gasteiger partial charge on any atom is 0.193 e. The van der Waals surface area contributed by atoms with Gasteiger partial charge in [-0.2, -0.15) is 0 Å². The molecule has 3 N–H and O–H groups in total. The van der Waals surface area contributed by atoms with E-state index in [1.54, 1.807) is 14.2 Å². The third kappa shape index (κ3) is 7.33. The number of methoxy groups -OCH3 is 2. The van der Waals surface area contributed by atoms with E-state index in [9.17, 15) is 0 Å². The van der Waals surface area contributed by atoms with E-state index in [0.717, 1.165) is 55.5 Å². The minimum atomic E-state index is 0. The van der Waals surface area contributed by atoms with Gasteiger partial charge in [-0.05, 0) is 30.7 Å². The standard InChI is InChI=1S/C22H30ClN5O2.HI/c1-29-20-9-8-17(16-21(20)30-2)26-22(24)25-10-5-11-27-12-14-28(15-13-27)19-7-4-3-6-18(19)23;/h3-4,6-9,16H,5,10-15H2,1-2H3,(H3,24,25,26);1H. The van der Waals surface area contributed by atoms with Gasteiger partial charge in [0.25, 0.3) is 0 Å². The van der Waals surface area contributed by atoms with Crippen LogP contribution in [-0.4, -0.2) is 64.3 Å². The Morgan fingerprint density at radius 2 is 1.77 bits per heavy atom. The van der Waals surface area contributed by atoms with Crippen LogP contribution in [-0.2, 0) is 0 Å². The van der Waals surface area contributed by atoms with E-state index in [1.807, 2.05) is 36.4 Å². The fourth-order valence-electron chi connectivity index (χ4n) is 3.52. The highest BCUT2D eigenvalue weighted by atomic mass is 127. The summed E-state index contributed by atoms with van der Waals surface area (Å²) in [6.45, 7) is 5.69. The van der Waals surface area contributed by atoms with Crippen LogP contribution in [0.1, 0.15) is 6.42 Å². The van der Waals surface area contributed by atoms with E-state index in [2.05, 4.69) is 26.2 Å². The molecule has 170 valence electrons. The number of nitrogens with two attached hydrogens (primary N) is 1. The van der Waals surface area contributed by atoms with Crippen LogP contribution in [0.25, 0.3) is 0 Å². The number of halogens is 2. The maximum absolute atomic E-state index is 6.32. The first kappa shape index (κ1) is 25.4. The number of guanidine groups is 1. The monoisotopic (exact) mass is 559 g/mol. The third-order valence-electron chi connectivity index (χ3n) is 5.14. The summed E-state index contributed by atoms with van der Waals surface area (Å²) in [5.41, 5.74) is 7.95. The summed E-state index contributed by atoms with van der Waals surface area (Å²) in [6.07, 6.45) is 0.959. The van der Waals surface area contributed by atoms with Crippen LogP contribution in [0, 0.1) is 0 Å². The van der Waals surface area contributed by atoms with Gasteiger partial charge in [-0.3, -0.25) is 9.89 Å². The molecule has 0 atom stereocenters. The Morgan fingerprint density at radius 3 is 2.45 bits per heavy atom. The van der Waals surface area contributed by atoms with E-state index in [-0.39, 0.29) is 24.0 Å². The molecule has 2 aromatic rings. The zero-order valence-electron chi connectivity index (χ0n) is 18.0. The Balaban J connectivity index is 0.00000341. The maximum atomic E-state index is 6.32. The molecule has 0 bridgehead atoms. The molecule has 0 spiro atoms. The summed E-state index contributed by atoms with van der Waals surface area (Å²) in [4.78, 5) is 9.24. The van der Waals surface area contributed by atoms with Gasteiger partial charge in [0.2, 0.25) is 0 Å². The van der Waals surface area contributed by atoms with Crippen molar-refractivity contribution in [1.29, 1.82) is 0 Å². The van der Waals surface area contributed by atoms with Crippen LogP contribution >= 0.6 is 35.6 Å². The first-order valence-corrected chi connectivity index (χ1v) is 10.5. The summed E-state index contributed by atoms with van der Waals surface area (Å²) < 4.78 is 10.5. The molecule has 0 amide bonds. The third-order valence-corrected chi connectivity index (χ3v) is 5.46. The summed E-state index contributed by atoms with van der Waals surface area (Å²) in [6, 6.07) is 13.6. The van der Waals surface area contributed by atoms with Crippen LogP contribution in [0.5, 0.6) is 11.5 Å². The van der Waals surface area contributed by atoms with Crippen molar-refractivity contribution < 1.29 is 9.47 Å². The summed E-state index contributed by atoms with van der Waals surface area (Å²) in [7, 11) is 3.21. The molecular weight excluding hydrogens is 529 g/mol. The lowest BCUT2D eigenvalue weighted by atomic mass is 10.2. The second-order valence-corrected chi connectivity index (χ2v) is 7.50. The van der Waals surface area contributed by atoms with Crippen LogP contribution in [0.2, 0.25) is 5.02 Å². The summed E-state index contributed by atoms with van der Waals surface area (Å²) >= 11 is 6.32. The van der Waals surface area contributed by atoms with Gasteiger partial charge in [0, 0.05) is 51.0 Å². The second-order valence-electron chi connectivity index (χ2n) is 7.10. The number of piperazine rings is 1. The Hall–Kier alpha value is -1.91. The van der Waals surface area contributed by atoms with Crippen LogP contribution in [0.4, 0.5) is 11.4 Å². The van der Waals surface area contributed by atoms with Gasteiger partial charge in [0.15, 0.2) is 17.5 Å². The lowest BCUT2D eigenvalue weighted by Crippen LogP contribution is -2.46. The molecule has 1 heterocycles. The van der Waals surface area contributed by atoms with Gasteiger partial charge in [-0.1, -0.05) is 23.7 Å². The zero-order chi connectivity index (χ0) is 21.3. The van der Waals surface area contributed by atoms with E-state index in [0.29, 0.717) is 24.0 Å². The van der Waals surface area contributed by atoms with Crippen molar-refractivity contribution in [3.63, 3.8) is 0 Å². The van der Waals surface area contributed by atoms with Gasteiger partial charge in [-0.15, -0.1) is 24.0 Å². The summed E-state index contributed by atoms with van der Waals surface area (Å²) in [5.74, 6) is 1.71. The molecule has 0 radical (unpaired) electrons. The Labute approximate surface area is 206 Å². The number of para-hydroxylation sites is 1. The predicted molar refractivity (Wildman–Crippen MR) is 140 cm³/mol. The molecule has 1 fully saturated rings. The molecule has 3 rings (SSSR count). The van der Waals surface area contributed by atoms with Crippen LogP contribution in [0.15, 0.2) is 47.5 Å². The van der Waals surface area contributed by atoms with Crippen LogP contribution in [0.3, 0.4) is 0 Å². The topological polar surface area (TPSA) is 75.4 Å². The highest BCUT2D eigenvalue weighted by Crippen LogP contribution is 2.29. The molecule has 0 aliphatic carbocycles. The number of rotatable bonds is 8. The number of nitrogens with one attached hydrogen (secondary N) is 1. The normalized spacial score (nSPS) is 14.7. The van der Waals surface area contributed by atoms with Crippen molar-refractivity contribution in [3.05, 3.63) is 47.5 Å². The molecule has 0 aromatic heterocycles. The Bertz CT molecular complexity index is 860. The lowest BCUT2D eigenvalue weighted by molar-refractivity contribution is 0.256. The van der Waals surface area contributed by atoms with Gasteiger partial charge in [-0.25, -0.2) is 0 Å². The molecule has 0 unspecified atom stereocenters. The molecule has 1 saturated heterocycles. The highest BCUT2D eigenvalue weighted by Gasteiger charge is 2.18. The number of anilines is 2.